The Morgan fingerprint density at radius 1 is 0.688 bits per heavy atom. The fraction of sp³-hybridized carbons (Fsp3) is 0. The maximum absolute atomic E-state index is 9.64. The summed E-state index contributed by atoms with van der Waals surface area (Å²) < 4.78 is 0. The van der Waals surface area contributed by atoms with Gasteiger partial charge in [-0.3, -0.25) is 0 Å². The molecule has 1 heterocycles. The number of para-hydroxylation sites is 2. The predicted molar refractivity (Wildman–Crippen MR) is 60.4 cm³/mol. The van der Waals surface area contributed by atoms with Crippen LogP contribution in [0.3, 0.4) is 0 Å². The van der Waals surface area contributed by atoms with Gasteiger partial charge in [0, 0.05) is 0 Å². The Labute approximate surface area is 90.8 Å². The molecule has 0 spiro atoms. The fourth-order valence-corrected chi connectivity index (χ4v) is 1.69. The van der Waals surface area contributed by atoms with Gasteiger partial charge in [-0.25, -0.2) is 9.97 Å². The first kappa shape index (κ1) is 8.91. The average Bonchev–Trinajstić information content (AvgIpc) is 2.28. The summed E-state index contributed by atoms with van der Waals surface area (Å²) in [5.41, 5.74) is 2.02. The number of aromatic nitrogens is 2. The number of phenolic OH excluding ortho intramolecular Hbond substituents is 2. The summed E-state index contributed by atoms with van der Waals surface area (Å²) in [4.78, 5) is 8.53. The van der Waals surface area contributed by atoms with Gasteiger partial charge in [0.1, 0.15) is 22.5 Å². The molecule has 0 unspecified atom stereocenters. The minimum atomic E-state index is 0.0650. The Morgan fingerprint density at radius 3 is 1.69 bits per heavy atom. The van der Waals surface area contributed by atoms with Crippen LogP contribution in [0.25, 0.3) is 22.1 Å². The average molecular weight is 212 g/mol. The molecule has 4 nitrogen and oxygen atoms in total. The molecular formula is C12H8N2O2. The lowest BCUT2D eigenvalue weighted by molar-refractivity contribution is 0.478. The van der Waals surface area contributed by atoms with E-state index in [4.69, 9.17) is 0 Å². The molecule has 0 aliphatic carbocycles. The second kappa shape index (κ2) is 3.06. The van der Waals surface area contributed by atoms with Gasteiger partial charge in [-0.1, -0.05) is 12.1 Å². The van der Waals surface area contributed by atoms with E-state index in [0.717, 1.165) is 0 Å². The molecule has 1 aromatic heterocycles. The van der Waals surface area contributed by atoms with Crippen LogP contribution >= 0.6 is 0 Å². The number of nitrogens with zero attached hydrogens (tertiary/aromatic N) is 2. The van der Waals surface area contributed by atoms with E-state index in [1.165, 1.54) is 0 Å². The van der Waals surface area contributed by atoms with Crippen molar-refractivity contribution in [2.75, 3.05) is 0 Å². The summed E-state index contributed by atoms with van der Waals surface area (Å²) in [5, 5.41) is 19.3. The summed E-state index contributed by atoms with van der Waals surface area (Å²) in [6.45, 7) is 0. The van der Waals surface area contributed by atoms with Crippen molar-refractivity contribution < 1.29 is 10.2 Å². The van der Waals surface area contributed by atoms with E-state index in [1.807, 2.05) is 0 Å². The van der Waals surface area contributed by atoms with Crippen molar-refractivity contribution in [2.45, 2.75) is 0 Å². The van der Waals surface area contributed by atoms with Crippen LogP contribution in [0.5, 0.6) is 11.5 Å². The van der Waals surface area contributed by atoms with Crippen LogP contribution in [0, 0.1) is 0 Å². The van der Waals surface area contributed by atoms with Gasteiger partial charge in [-0.2, -0.15) is 0 Å². The summed E-state index contributed by atoms with van der Waals surface area (Å²) in [5.74, 6) is 0.130. The third kappa shape index (κ3) is 1.16. The number of hydrogen-bond donors (Lipinski definition) is 2. The van der Waals surface area contributed by atoms with Gasteiger partial charge in [0.15, 0.2) is 0 Å². The topological polar surface area (TPSA) is 66.2 Å². The van der Waals surface area contributed by atoms with Crippen LogP contribution in [0.1, 0.15) is 0 Å². The molecule has 3 rings (SSSR count). The van der Waals surface area contributed by atoms with E-state index in [9.17, 15) is 10.2 Å². The van der Waals surface area contributed by atoms with Crippen molar-refractivity contribution >= 4 is 22.1 Å². The Morgan fingerprint density at radius 2 is 1.19 bits per heavy atom. The Kier molecular flexibility index (Phi) is 1.71. The molecule has 16 heavy (non-hydrogen) atoms. The van der Waals surface area contributed by atoms with E-state index in [0.29, 0.717) is 22.1 Å². The SMILES string of the molecule is Oc1cccc2nc3cccc(O)c3nc12. The third-order valence-corrected chi connectivity index (χ3v) is 2.45. The number of phenols is 2. The van der Waals surface area contributed by atoms with Gasteiger partial charge in [0.25, 0.3) is 0 Å². The fourth-order valence-electron chi connectivity index (χ4n) is 1.69. The standard InChI is InChI=1S/C12H8N2O2/c15-9-5-1-3-7-11(9)14-12-8(13-7)4-2-6-10(12)16/h1-6,15-16H. The van der Waals surface area contributed by atoms with Gasteiger partial charge < -0.3 is 10.2 Å². The lowest BCUT2D eigenvalue weighted by Gasteiger charge is -2.03. The Hall–Kier alpha value is -2.36. The Bertz CT molecular complexity index is 638. The third-order valence-electron chi connectivity index (χ3n) is 2.45. The smallest absolute Gasteiger partial charge is 0.143 e. The molecule has 0 aliphatic rings. The lowest BCUT2D eigenvalue weighted by Crippen LogP contribution is -1.87. The molecule has 0 radical (unpaired) electrons. The maximum atomic E-state index is 9.64. The van der Waals surface area contributed by atoms with Crippen LogP contribution < -0.4 is 0 Å². The normalized spacial score (nSPS) is 11.0. The van der Waals surface area contributed by atoms with E-state index in [2.05, 4.69) is 9.97 Å². The highest BCUT2D eigenvalue weighted by Gasteiger charge is 2.07. The molecule has 0 saturated heterocycles. The van der Waals surface area contributed by atoms with Crippen LogP contribution in [-0.4, -0.2) is 20.2 Å². The lowest BCUT2D eigenvalue weighted by atomic mass is 10.2. The van der Waals surface area contributed by atoms with Crippen LogP contribution in [0.2, 0.25) is 0 Å². The van der Waals surface area contributed by atoms with Crippen molar-refractivity contribution in [1.82, 2.24) is 9.97 Å². The van der Waals surface area contributed by atoms with Gasteiger partial charge in [0.2, 0.25) is 0 Å². The second-order valence-corrected chi connectivity index (χ2v) is 3.51. The highest BCUT2D eigenvalue weighted by Crippen LogP contribution is 2.27. The maximum Gasteiger partial charge on any atom is 0.143 e. The predicted octanol–water partition coefficient (Wildman–Crippen LogP) is 2.19. The van der Waals surface area contributed by atoms with E-state index < -0.39 is 0 Å². The van der Waals surface area contributed by atoms with Crippen molar-refractivity contribution in [3.05, 3.63) is 36.4 Å². The van der Waals surface area contributed by atoms with Crippen LogP contribution in [0.15, 0.2) is 36.4 Å². The van der Waals surface area contributed by atoms with Gasteiger partial charge in [-0.05, 0) is 24.3 Å². The largest absolute Gasteiger partial charge is 0.506 e. The molecule has 3 aromatic rings. The van der Waals surface area contributed by atoms with Crippen LogP contribution in [-0.2, 0) is 0 Å². The van der Waals surface area contributed by atoms with Crippen molar-refractivity contribution in [2.24, 2.45) is 0 Å². The van der Waals surface area contributed by atoms with Crippen LogP contribution in [0.4, 0.5) is 0 Å². The molecule has 0 saturated carbocycles. The minimum Gasteiger partial charge on any atom is -0.506 e. The highest BCUT2D eigenvalue weighted by atomic mass is 16.3. The summed E-state index contributed by atoms with van der Waals surface area (Å²) in [7, 11) is 0. The van der Waals surface area contributed by atoms with Gasteiger partial charge in [0.05, 0.1) is 11.0 Å². The number of fused-ring (bicyclic) bond motifs is 2. The zero-order valence-electron chi connectivity index (χ0n) is 8.25. The van der Waals surface area contributed by atoms with Crippen molar-refractivity contribution in [3.8, 4) is 11.5 Å². The zero-order valence-corrected chi connectivity index (χ0v) is 8.25. The van der Waals surface area contributed by atoms with Gasteiger partial charge in [-0.15, -0.1) is 0 Å². The molecule has 2 aromatic carbocycles. The molecule has 0 aliphatic heterocycles. The molecule has 0 fully saturated rings. The molecule has 0 atom stereocenters. The first-order chi connectivity index (χ1) is 7.75. The number of hydrogen-bond acceptors (Lipinski definition) is 4. The first-order valence-corrected chi connectivity index (χ1v) is 4.83. The summed E-state index contributed by atoms with van der Waals surface area (Å²) in [6, 6.07) is 10.0. The molecular weight excluding hydrogens is 204 g/mol. The minimum absolute atomic E-state index is 0.0650. The van der Waals surface area contributed by atoms with Crippen molar-refractivity contribution in [3.63, 3.8) is 0 Å². The summed E-state index contributed by atoms with van der Waals surface area (Å²) >= 11 is 0. The zero-order chi connectivity index (χ0) is 11.1. The molecule has 2 N–H and O–H groups in total. The first-order valence-electron chi connectivity index (χ1n) is 4.83. The monoisotopic (exact) mass is 212 g/mol. The molecule has 78 valence electrons. The highest BCUT2D eigenvalue weighted by molar-refractivity contribution is 5.91. The van der Waals surface area contributed by atoms with E-state index in [1.54, 1.807) is 36.4 Å². The number of aromatic hydroxyl groups is 2. The van der Waals surface area contributed by atoms with Crippen molar-refractivity contribution in [1.29, 1.82) is 0 Å². The molecule has 0 amide bonds. The quantitative estimate of drug-likeness (QED) is 0.560. The van der Waals surface area contributed by atoms with E-state index in [-0.39, 0.29) is 11.5 Å². The van der Waals surface area contributed by atoms with Gasteiger partial charge >= 0.3 is 0 Å². The second-order valence-electron chi connectivity index (χ2n) is 3.51. The molecule has 0 bridgehead atoms. The number of rotatable bonds is 0. The summed E-state index contributed by atoms with van der Waals surface area (Å²) in [6.07, 6.45) is 0. The number of benzene rings is 2. The molecule has 4 heteroatoms. The van der Waals surface area contributed by atoms with E-state index >= 15 is 0 Å². The Balaban J connectivity index is 2.55.